The third-order valence-corrected chi connectivity index (χ3v) is 9.21. The van der Waals surface area contributed by atoms with Gasteiger partial charge in [-0.05, 0) is 42.6 Å². The van der Waals surface area contributed by atoms with E-state index in [4.69, 9.17) is 19.6 Å². The lowest BCUT2D eigenvalue weighted by Gasteiger charge is -2.33. The van der Waals surface area contributed by atoms with Crippen LogP contribution in [0.25, 0.3) is 54.8 Å². The van der Waals surface area contributed by atoms with Crippen molar-refractivity contribution in [3.63, 3.8) is 0 Å². The minimum Gasteiger partial charge on any atom is -0.490 e. The van der Waals surface area contributed by atoms with Crippen molar-refractivity contribution in [2.75, 3.05) is 26.9 Å². The molecule has 6 aromatic rings. The molecule has 0 saturated heterocycles. The van der Waals surface area contributed by atoms with Gasteiger partial charge in [-0.3, -0.25) is 14.2 Å². The second-order valence-electron chi connectivity index (χ2n) is 11.1. The molecular weight excluding hydrogens is 610 g/mol. The number of hydrogen-bond acceptors (Lipinski definition) is 7. The van der Waals surface area contributed by atoms with Gasteiger partial charge in [0.2, 0.25) is 5.91 Å². The van der Waals surface area contributed by atoms with Crippen LogP contribution < -0.4 is 4.74 Å². The number of rotatable bonds is 8. The van der Waals surface area contributed by atoms with Gasteiger partial charge in [-0.1, -0.05) is 12.6 Å². The number of pyridine rings is 1. The molecule has 1 amide bonds. The summed E-state index contributed by atoms with van der Waals surface area (Å²) in [5.41, 5.74) is 4.65. The molecule has 4 aromatic heterocycles. The third-order valence-electron chi connectivity index (χ3n) is 8.27. The van der Waals surface area contributed by atoms with E-state index in [0.717, 1.165) is 38.3 Å². The Labute approximate surface area is 267 Å². The number of thiophene rings is 1. The van der Waals surface area contributed by atoms with Crippen LogP contribution >= 0.6 is 11.3 Å². The van der Waals surface area contributed by atoms with Crippen LogP contribution in [0.1, 0.15) is 18.7 Å². The summed E-state index contributed by atoms with van der Waals surface area (Å²) in [6.45, 7) is 6.84. The highest BCUT2D eigenvalue weighted by atomic mass is 32.1. The number of ether oxygens (including phenoxy) is 2. The summed E-state index contributed by atoms with van der Waals surface area (Å²) < 4.78 is 46.1. The van der Waals surface area contributed by atoms with E-state index in [1.165, 1.54) is 30.6 Å². The van der Waals surface area contributed by atoms with Crippen molar-refractivity contribution in [1.82, 2.24) is 29.4 Å². The number of nitrogens with zero attached hydrogens (tertiary/aromatic N) is 6. The van der Waals surface area contributed by atoms with E-state index >= 15 is 4.39 Å². The maximum Gasteiger partial charge on any atom is 0.246 e. The standard InChI is InChI=1S/C34H30F2N6O3S/c1-5-29(43)41-9-10-42-27(19(41)2)17-26(39-42)33-31(30-24(36)15-22(35)16-28(30)45-12-11-44-4)34-23(8-13-46-34)32(37-33)20-6-7-25-21(14-20)18-40(3)38-25/h5-8,13-19H,1,9-12H2,2-4H3/t19-/m0/s1. The van der Waals surface area contributed by atoms with Crippen molar-refractivity contribution in [3.05, 3.63) is 84.0 Å². The molecule has 0 bridgehead atoms. The number of carbonyl (C=O) groups is 1. The van der Waals surface area contributed by atoms with Gasteiger partial charge in [0.15, 0.2) is 0 Å². The molecule has 2 aromatic carbocycles. The Hall–Kier alpha value is -4.94. The molecule has 1 aliphatic rings. The molecule has 1 aliphatic heterocycles. The number of methoxy groups -OCH3 is 1. The number of fused-ring (bicyclic) bond motifs is 3. The molecule has 1 atom stereocenters. The molecule has 0 aliphatic carbocycles. The van der Waals surface area contributed by atoms with Crippen LogP contribution in [0.15, 0.2) is 66.7 Å². The number of aromatic nitrogens is 5. The highest BCUT2D eigenvalue weighted by Gasteiger charge is 2.31. The Balaban J connectivity index is 1.50. The van der Waals surface area contributed by atoms with Crippen molar-refractivity contribution < 1.29 is 23.0 Å². The third kappa shape index (κ3) is 5.03. The summed E-state index contributed by atoms with van der Waals surface area (Å²) in [5, 5.41) is 13.1. The minimum absolute atomic E-state index is 0.0388. The zero-order chi connectivity index (χ0) is 32.1. The van der Waals surface area contributed by atoms with Crippen LogP contribution in [0.3, 0.4) is 0 Å². The number of halogens is 2. The van der Waals surface area contributed by atoms with Crippen LogP contribution in [0.4, 0.5) is 8.78 Å². The Morgan fingerprint density at radius 3 is 2.74 bits per heavy atom. The highest BCUT2D eigenvalue weighted by molar-refractivity contribution is 7.18. The maximum absolute atomic E-state index is 16.0. The molecule has 0 N–H and O–H groups in total. The second kappa shape index (κ2) is 11.8. The average Bonchev–Trinajstić information content (AvgIpc) is 3.78. The predicted octanol–water partition coefficient (Wildman–Crippen LogP) is 6.77. The topological polar surface area (TPSA) is 87.3 Å². The van der Waals surface area contributed by atoms with Gasteiger partial charge in [0, 0.05) is 65.6 Å². The summed E-state index contributed by atoms with van der Waals surface area (Å²) in [6.07, 6.45) is 3.25. The molecule has 0 saturated carbocycles. The quantitative estimate of drug-likeness (QED) is 0.135. The Morgan fingerprint density at radius 1 is 1.09 bits per heavy atom. The summed E-state index contributed by atoms with van der Waals surface area (Å²) in [7, 11) is 3.40. The van der Waals surface area contributed by atoms with Gasteiger partial charge in [0.1, 0.15) is 35.4 Å². The first-order valence-electron chi connectivity index (χ1n) is 14.7. The number of amides is 1. The number of aryl methyl sites for hydroxylation is 1. The van der Waals surface area contributed by atoms with Crippen LogP contribution in [-0.4, -0.2) is 62.2 Å². The molecule has 46 heavy (non-hydrogen) atoms. The fourth-order valence-electron chi connectivity index (χ4n) is 6.14. The predicted molar refractivity (Wildman–Crippen MR) is 174 cm³/mol. The molecule has 0 unspecified atom stereocenters. The first-order chi connectivity index (χ1) is 22.3. The summed E-state index contributed by atoms with van der Waals surface area (Å²) in [4.78, 5) is 19.5. The minimum atomic E-state index is -0.783. The van der Waals surface area contributed by atoms with Crippen molar-refractivity contribution in [1.29, 1.82) is 0 Å². The molecular formula is C34H30F2N6O3S. The fourth-order valence-corrected chi connectivity index (χ4v) is 7.08. The molecule has 5 heterocycles. The molecule has 0 fully saturated rings. The number of benzene rings is 2. The van der Waals surface area contributed by atoms with E-state index in [9.17, 15) is 9.18 Å². The van der Waals surface area contributed by atoms with Crippen LogP contribution in [0, 0.1) is 11.6 Å². The lowest BCUT2D eigenvalue weighted by Crippen LogP contribution is -2.40. The van der Waals surface area contributed by atoms with E-state index in [1.807, 2.05) is 60.6 Å². The van der Waals surface area contributed by atoms with E-state index < -0.39 is 11.6 Å². The highest BCUT2D eigenvalue weighted by Crippen LogP contribution is 2.47. The van der Waals surface area contributed by atoms with Crippen LogP contribution in [0.2, 0.25) is 0 Å². The first kappa shape index (κ1) is 29.8. The van der Waals surface area contributed by atoms with E-state index in [-0.39, 0.29) is 36.5 Å². The maximum atomic E-state index is 16.0. The summed E-state index contributed by atoms with van der Waals surface area (Å²) in [5.74, 6) is -1.67. The van der Waals surface area contributed by atoms with E-state index in [1.54, 1.807) is 9.58 Å². The SMILES string of the molecule is C=CC(=O)N1CCn2nc(-c3nc(-c4ccc5nn(C)cc5c4)c4ccsc4c3-c3c(F)cc(F)cc3OCCOC)cc2[C@@H]1C. The van der Waals surface area contributed by atoms with Gasteiger partial charge in [-0.2, -0.15) is 10.2 Å². The van der Waals surface area contributed by atoms with Crippen molar-refractivity contribution in [3.8, 4) is 39.5 Å². The van der Waals surface area contributed by atoms with Crippen molar-refractivity contribution >= 4 is 38.2 Å². The molecule has 12 heteroatoms. The Kier molecular flexibility index (Phi) is 7.61. The molecule has 9 nitrogen and oxygen atoms in total. The molecule has 0 radical (unpaired) electrons. The number of carbonyl (C=O) groups excluding carboxylic acids is 1. The Morgan fingerprint density at radius 2 is 1.93 bits per heavy atom. The average molecular weight is 641 g/mol. The van der Waals surface area contributed by atoms with Gasteiger partial charge in [-0.25, -0.2) is 13.8 Å². The van der Waals surface area contributed by atoms with Gasteiger partial charge in [-0.15, -0.1) is 11.3 Å². The van der Waals surface area contributed by atoms with E-state index in [2.05, 4.69) is 11.7 Å². The first-order valence-corrected chi connectivity index (χ1v) is 15.6. The van der Waals surface area contributed by atoms with Gasteiger partial charge in [0.05, 0.1) is 41.7 Å². The largest absolute Gasteiger partial charge is 0.490 e. The van der Waals surface area contributed by atoms with E-state index in [0.29, 0.717) is 35.7 Å². The zero-order valence-corrected chi connectivity index (χ0v) is 26.3. The smallest absolute Gasteiger partial charge is 0.246 e. The fraction of sp³-hybridized carbons (Fsp3) is 0.235. The monoisotopic (exact) mass is 640 g/mol. The normalized spacial score (nSPS) is 14.6. The number of hydrogen-bond donors (Lipinski definition) is 0. The lowest BCUT2D eigenvalue weighted by molar-refractivity contribution is -0.129. The van der Waals surface area contributed by atoms with Crippen molar-refractivity contribution in [2.24, 2.45) is 7.05 Å². The van der Waals surface area contributed by atoms with Gasteiger partial charge < -0.3 is 14.4 Å². The molecule has 0 spiro atoms. The van der Waals surface area contributed by atoms with Gasteiger partial charge >= 0.3 is 0 Å². The summed E-state index contributed by atoms with van der Waals surface area (Å²) >= 11 is 1.43. The van der Waals surface area contributed by atoms with Crippen molar-refractivity contribution in [2.45, 2.75) is 19.5 Å². The lowest BCUT2D eigenvalue weighted by atomic mass is 9.96. The second-order valence-corrected chi connectivity index (χ2v) is 12.0. The molecule has 234 valence electrons. The van der Waals surface area contributed by atoms with Crippen LogP contribution in [-0.2, 0) is 23.1 Å². The van der Waals surface area contributed by atoms with Gasteiger partial charge in [0.25, 0.3) is 0 Å². The Bertz CT molecular complexity index is 2150. The van der Waals surface area contributed by atoms with Crippen LogP contribution in [0.5, 0.6) is 5.75 Å². The zero-order valence-electron chi connectivity index (χ0n) is 25.5. The molecule has 7 rings (SSSR count). The summed E-state index contributed by atoms with van der Waals surface area (Å²) in [6, 6.07) is 11.5.